The highest BCUT2D eigenvalue weighted by molar-refractivity contribution is 5.80. The fourth-order valence-corrected chi connectivity index (χ4v) is 0.444. The molecular formula is C6H14N2O3. The van der Waals surface area contributed by atoms with E-state index >= 15 is 0 Å². The number of amides is 1. The quantitative estimate of drug-likeness (QED) is 0.377. The lowest BCUT2D eigenvalue weighted by atomic mass is 10.3. The number of hydrogen-bond donors (Lipinski definition) is 4. The van der Waals surface area contributed by atoms with Crippen LogP contribution in [0.2, 0.25) is 0 Å². The topological polar surface area (TPSA) is 95.6 Å². The minimum Gasteiger partial charge on any atom is -0.394 e. The van der Waals surface area contributed by atoms with Crippen molar-refractivity contribution in [1.29, 1.82) is 0 Å². The third-order valence-electron chi connectivity index (χ3n) is 1.14. The number of aliphatic hydroxyl groups excluding tert-OH is 2. The molecule has 66 valence electrons. The average Bonchev–Trinajstić information content (AvgIpc) is 1.99. The molecule has 0 aliphatic rings. The first kappa shape index (κ1) is 10.3. The molecule has 0 radical (unpaired) electrons. The number of rotatable bonds is 4. The molecule has 11 heavy (non-hydrogen) atoms. The molecule has 0 aromatic carbocycles. The highest BCUT2D eigenvalue weighted by Crippen LogP contribution is 1.79. The lowest BCUT2D eigenvalue weighted by molar-refractivity contribution is -0.122. The van der Waals surface area contributed by atoms with Gasteiger partial charge in [0.05, 0.1) is 18.8 Å². The standard InChI is InChI=1S/C6H14N2O3/c1-4(7)6(11)8-2-5(10)3-9/h4-5,9-10H,2-3,7H2,1H3,(H,8,11). The Balaban J connectivity index is 3.46. The SMILES string of the molecule is CC(N)C(=O)NCC(O)CO. The van der Waals surface area contributed by atoms with Gasteiger partial charge in [0.2, 0.25) is 5.91 Å². The van der Waals surface area contributed by atoms with Gasteiger partial charge in [0.1, 0.15) is 0 Å². The zero-order valence-electron chi connectivity index (χ0n) is 6.45. The van der Waals surface area contributed by atoms with Crippen molar-refractivity contribution in [2.45, 2.75) is 19.1 Å². The van der Waals surface area contributed by atoms with Crippen LogP contribution in [0.3, 0.4) is 0 Å². The van der Waals surface area contributed by atoms with E-state index < -0.39 is 12.1 Å². The summed E-state index contributed by atoms with van der Waals surface area (Å²) in [6.45, 7) is 1.22. The first-order valence-corrected chi connectivity index (χ1v) is 3.40. The molecule has 0 rings (SSSR count). The molecular weight excluding hydrogens is 148 g/mol. The Morgan fingerprint density at radius 3 is 2.64 bits per heavy atom. The molecule has 0 saturated heterocycles. The van der Waals surface area contributed by atoms with Gasteiger partial charge in [-0.05, 0) is 6.92 Å². The molecule has 2 atom stereocenters. The number of carbonyl (C=O) groups excluding carboxylic acids is 1. The van der Waals surface area contributed by atoms with Crippen LogP contribution in [0.25, 0.3) is 0 Å². The molecule has 0 aliphatic carbocycles. The molecule has 0 saturated carbocycles. The lowest BCUT2D eigenvalue weighted by Crippen LogP contribution is -2.42. The van der Waals surface area contributed by atoms with Crippen molar-refractivity contribution in [1.82, 2.24) is 5.32 Å². The van der Waals surface area contributed by atoms with Crippen molar-refractivity contribution in [3.8, 4) is 0 Å². The summed E-state index contributed by atoms with van der Waals surface area (Å²) in [6, 6.07) is -0.583. The zero-order valence-corrected chi connectivity index (χ0v) is 6.45. The summed E-state index contributed by atoms with van der Waals surface area (Å²) in [5, 5.41) is 19.5. The van der Waals surface area contributed by atoms with Gasteiger partial charge in [0.15, 0.2) is 0 Å². The van der Waals surface area contributed by atoms with E-state index in [1.165, 1.54) is 0 Å². The second-order valence-corrected chi connectivity index (χ2v) is 2.37. The molecule has 0 fully saturated rings. The van der Waals surface area contributed by atoms with Gasteiger partial charge >= 0.3 is 0 Å². The van der Waals surface area contributed by atoms with Crippen LogP contribution >= 0.6 is 0 Å². The van der Waals surface area contributed by atoms with Crippen LogP contribution in [-0.4, -0.2) is 41.4 Å². The van der Waals surface area contributed by atoms with Crippen molar-refractivity contribution in [2.24, 2.45) is 5.73 Å². The number of hydrogen-bond acceptors (Lipinski definition) is 4. The van der Waals surface area contributed by atoms with Gasteiger partial charge < -0.3 is 21.3 Å². The number of nitrogens with one attached hydrogen (secondary N) is 1. The molecule has 2 unspecified atom stereocenters. The van der Waals surface area contributed by atoms with E-state index in [1.807, 2.05) is 0 Å². The van der Waals surface area contributed by atoms with Crippen molar-refractivity contribution < 1.29 is 15.0 Å². The lowest BCUT2D eigenvalue weighted by Gasteiger charge is -2.10. The van der Waals surface area contributed by atoms with Gasteiger partial charge in [-0.25, -0.2) is 0 Å². The Morgan fingerprint density at radius 2 is 2.27 bits per heavy atom. The van der Waals surface area contributed by atoms with E-state index in [2.05, 4.69) is 5.32 Å². The zero-order chi connectivity index (χ0) is 8.85. The molecule has 5 heteroatoms. The largest absolute Gasteiger partial charge is 0.394 e. The molecule has 5 N–H and O–H groups in total. The molecule has 0 aromatic heterocycles. The van der Waals surface area contributed by atoms with Gasteiger partial charge in [-0.2, -0.15) is 0 Å². The minimum absolute atomic E-state index is 0.0386. The molecule has 0 aromatic rings. The van der Waals surface area contributed by atoms with Gasteiger partial charge in [-0.15, -0.1) is 0 Å². The summed E-state index contributed by atoms with van der Waals surface area (Å²) in [4.78, 5) is 10.7. The van der Waals surface area contributed by atoms with E-state index in [0.717, 1.165) is 0 Å². The summed E-state index contributed by atoms with van der Waals surface area (Å²) in [7, 11) is 0. The molecule has 0 bridgehead atoms. The summed E-state index contributed by atoms with van der Waals surface area (Å²) >= 11 is 0. The Kier molecular flexibility index (Phi) is 4.76. The van der Waals surface area contributed by atoms with Gasteiger partial charge in [-0.3, -0.25) is 4.79 Å². The summed E-state index contributed by atoms with van der Waals surface area (Å²) in [5.74, 6) is -0.336. The Morgan fingerprint density at radius 1 is 1.73 bits per heavy atom. The smallest absolute Gasteiger partial charge is 0.236 e. The third-order valence-corrected chi connectivity index (χ3v) is 1.14. The molecule has 1 amide bonds. The van der Waals surface area contributed by atoms with Crippen molar-refractivity contribution in [3.63, 3.8) is 0 Å². The van der Waals surface area contributed by atoms with E-state index in [1.54, 1.807) is 6.92 Å². The second kappa shape index (κ2) is 5.06. The highest BCUT2D eigenvalue weighted by Gasteiger charge is 2.08. The van der Waals surface area contributed by atoms with Crippen molar-refractivity contribution in [2.75, 3.05) is 13.2 Å². The average molecular weight is 162 g/mol. The van der Waals surface area contributed by atoms with Crippen LogP contribution < -0.4 is 11.1 Å². The number of nitrogens with two attached hydrogens (primary N) is 1. The van der Waals surface area contributed by atoms with Crippen LogP contribution in [0.4, 0.5) is 0 Å². The van der Waals surface area contributed by atoms with E-state index in [-0.39, 0.29) is 19.1 Å². The third kappa shape index (κ3) is 4.72. The fraction of sp³-hybridized carbons (Fsp3) is 0.833. The normalized spacial score (nSPS) is 15.6. The first-order valence-electron chi connectivity index (χ1n) is 3.40. The van der Waals surface area contributed by atoms with E-state index in [4.69, 9.17) is 15.9 Å². The highest BCUT2D eigenvalue weighted by atomic mass is 16.3. The van der Waals surface area contributed by atoms with E-state index in [0.29, 0.717) is 0 Å². The van der Waals surface area contributed by atoms with Crippen molar-refractivity contribution in [3.05, 3.63) is 0 Å². The summed E-state index contributed by atoms with van der Waals surface area (Å²) < 4.78 is 0. The predicted octanol–water partition coefficient (Wildman–Crippen LogP) is -2.20. The van der Waals surface area contributed by atoms with Gasteiger partial charge in [0.25, 0.3) is 0 Å². The molecule has 0 aliphatic heterocycles. The van der Waals surface area contributed by atoms with Crippen LogP contribution in [0.15, 0.2) is 0 Å². The first-order chi connectivity index (χ1) is 5.07. The van der Waals surface area contributed by atoms with Gasteiger partial charge in [0, 0.05) is 6.54 Å². The Hall–Kier alpha value is -0.650. The Bertz CT molecular complexity index is 127. The summed E-state index contributed by atoms with van der Waals surface area (Å²) in [6.07, 6.45) is -0.905. The van der Waals surface area contributed by atoms with Crippen LogP contribution in [0, 0.1) is 0 Å². The minimum atomic E-state index is -0.905. The maximum absolute atomic E-state index is 10.7. The number of carbonyl (C=O) groups is 1. The Labute approximate surface area is 65.2 Å². The maximum Gasteiger partial charge on any atom is 0.236 e. The monoisotopic (exact) mass is 162 g/mol. The number of aliphatic hydroxyl groups is 2. The predicted molar refractivity (Wildman–Crippen MR) is 39.8 cm³/mol. The maximum atomic E-state index is 10.7. The fourth-order valence-electron chi connectivity index (χ4n) is 0.444. The molecule has 0 heterocycles. The summed E-state index contributed by atoms with van der Waals surface area (Å²) in [5.41, 5.74) is 5.21. The van der Waals surface area contributed by atoms with Crippen LogP contribution in [0.1, 0.15) is 6.92 Å². The second-order valence-electron chi connectivity index (χ2n) is 2.37. The van der Waals surface area contributed by atoms with Crippen LogP contribution in [0.5, 0.6) is 0 Å². The van der Waals surface area contributed by atoms with E-state index in [9.17, 15) is 4.79 Å². The van der Waals surface area contributed by atoms with Crippen LogP contribution in [-0.2, 0) is 4.79 Å². The van der Waals surface area contributed by atoms with Gasteiger partial charge in [-0.1, -0.05) is 0 Å². The molecule has 5 nitrogen and oxygen atoms in total. The molecule has 0 spiro atoms. The van der Waals surface area contributed by atoms with Crippen molar-refractivity contribution >= 4 is 5.91 Å².